The zero-order chi connectivity index (χ0) is 19.7. The maximum absolute atomic E-state index is 13.3. The number of amides is 3. The van der Waals surface area contributed by atoms with E-state index >= 15 is 0 Å². The summed E-state index contributed by atoms with van der Waals surface area (Å²) in [5.74, 6) is -1.51. The summed E-state index contributed by atoms with van der Waals surface area (Å²) in [5, 5.41) is 3.02. The van der Waals surface area contributed by atoms with Crippen molar-refractivity contribution in [1.29, 1.82) is 0 Å². The van der Waals surface area contributed by atoms with E-state index in [0.717, 1.165) is 36.1 Å². The number of carbonyl (C=O) groups is 3. The van der Waals surface area contributed by atoms with Crippen LogP contribution in [-0.4, -0.2) is 29.2 Å². The predicted octanol–water partition coefficient (Wildman–Crippen LogP) is 3.12. The third-order valence-corrected chi connectivity index (χ3v) is 6.32. The Bertz CT molecular complexity index is 773. The van der Waals surface area contributed by atoms with Gasteiger partial charge in [-0.1, -0.05) is 37.1 Å². The molecule has 1 heterocycles. The van der Waals surface area contributed by atoms with Gasteiger partial charge in [-0.05, 0) is 49.3 Å². The molecule has 3 amide bonds. The normalized spacial score (nSPS) is 25.8. The average molecular weight is 384 g/mol. The molecule has 1 saturated heterocycles. The lowest BCUT2D eigenvalue weighted by Gasteiger charge is -2.26. The predicted molar refractivity (Wildman–Crippen MR) is 101 cm³/mol. The van der Waals surface area contributed by atoms with Crippen molar-refractivity contribution >= 4 is 17.7 Å². The molecule has 6 heteroatoms. The van der Waals surface area contributed by atoms with Crippen molar-refractivity contribution < 1.29 is 18.8 Å². The highest BCUT2D eigenvalue weighted by atomic mass is 19.1. The van der Waals surface area contributed by atoms with Crippen LogP contribution in [0.15, 0.2) is 36.4 Å². The quantitative estimate of drug-likeness (QED) is 0.627. The molecule has 4 rings (SSSR count). The van der Waals surface area contributed by atoms with Crippen LogP contribution in [0.4, 0.5) is 4.39 Å². The molecule has 28 heavy (non-hydrogen) atoms. The van der Waals surface area contributed by atoms with Gasteiger partial charge in [0.25, 0.3) is 0 Å². The number of likely N-dealkylation sites (tertiary alicyclic amines) is 1. The van der Waals surface area contributed by atoms with Gasteiger partial charge in [-0.25, -0.2) is 4.39 Å². The molecule has 3 atom stereocenters. The molecule has 2 aliphatic carbocycles. The highest BCUT2D eigenvalue weighted by Gasteiger charge is 2.47. The maximum atomic E-state index is 13.3. The number of carbonyl (C=O) groups excluding carboxylic acids is 3. The van der Waals surface area contributed by atoms with Crippen molar-refractivity contribution in [2.75, 3.05) is 6.54 Å². The SMILES string of the molecule is O=C(CN1C(=O)[C@@H]2CC=CC[C@H]2C1=O)N[C@@H](c1ccc(F)cc1)C1CCCC1. The fourth-order valence-electron chi connectivity index (χ4n) is 4.82. The Balaban J connectivity index is 1.46. The van der Waals surface area contributed by atoms with Crippen LogP contribution < -0.4 is 5.32 Å². The number of allylic oxidation sites excluding steroid dienone is 2. The van der Waals surface area contributed by atoms with Gasteiger partial charge in [0.05, 0.1) is 17.9 Å². The lowest BCUT2D eigenvalue weighted by molar-refractivity contribution is -0.143. The lowest BCUT2D eigenvalue weighted by Crippen LogP contribution is -2.43. The molecule has 1 saturated carbocycles. The number of fused-ring (bicyclic) bond motifs is 1. The van der Waals surface area contributed by atoms with Gasteiger partial charge >= 0.3 is 0 Å². The van der Waals surface area contributed by atoms with Gasteiger partial charge in [0.1, 0.15) is 12.4 Å². The van der Waals surface area contributed by atoms with E-state index in [0.29, 0.717) is 12.8 Å². The molecule has 0 aromatic heterocycles. The van der Waals surface area contributed by atoms with Crippen LogP contribution in [0.1, 0.15) is 50.1 Å². The minimum absolute atomic E-state index is 0.229. The monoisotopic (exact) mass is 384 g/mol. The van der Waals surface area contributed by atoms with E-state index in [1.807, 2.05) is 12.2 Å². The number of nitrogens with one attached hydrogen (secondary N) is 1. The van der Waals surface area contributed by atoms with Crippen LogP contribution in [0.5, 0.6) is 0 Å². The first-order valence-electron chi connectivity index (χ1n) is 10.1. The number of benzene rings is 1. The minimum atomic E-state index is -0.338. The summed E-state index contributed by atoms with van der Waals surface area (Å²) >= 11 is 0. The topological polar surface area (TPSA) is 66.5 Å². The van der Waals surface area contributed by atoms with Crippen molar-refractivity contribution in [2.24, 2.45) is 17.8 Å². The molecule has 0 bridgehead atoms. The maximum Gasteiger partial charge on any atom is 0.240 e. The Kier molecular flexibility index (Phi) is 5.29. The lowest BCUT2D eigenvalue weighted by atomic mass is 9.85. The van der Waals surface area contributed by atoms with Gasteiger partial charge < -0.3 is 5.32 Å². The Morgan fingerprint density at radius 2 is 1.61 bits per heavy atom. The first kappa shape index (κ1) is 18.8. The highest BCUT2D eigenvalue weighted by Crippen LogP contribution is 2.37. The first-order valence-corrected chi connectivity index (χ1v) is 10.1. The van der Waals surface area contributed by atoms with Crippen LogP contribution >= 0.6 is 0 Å². The zero-order valence-corrected chi connectivity index (χ0v) is 15.8. The molecule has 1 aromatic rings. The summed E-state index contributed by atoms with van der Waals surface area (Å²) in [6.07, 6.45) is 9.21. The Morgan fingerprint density at radius 3 is 2.18 bits per heavy atom. The van der Waals surface area contributed by atoms with Crippen molar-refractivity contribution in [1.82, 2.24) is 10.2 Å². The van der Waals surface area contributed by atoms with Gasteiger partial charge in [-0.15, -0.1) is 0 Å². The second kappa shape index (κ2) is 7.86. The van der Waals surface area contributed by atoms with Gasteiger partial charge in [-0.2, -0.15) is 0 Å². The number of hydrogen-bond donors (Lipinski definition) is 1. The second-order valence-electron chi connectivity index (χ2n) is 8.06. The van der Waals surface area contributed by atoms with E-state index in [1.165, 1.54) is 12.1 Å². The second-order valence-corrected chi connectivity index (χ2v) is 8.06. The summed E-state index contributed by atoms with van der Waals surface area (Å²) in [7, 11) is 0. The van der Waals surface area contributed by atoms with Crippen molar-refractivity contribution in [3.8, 4) is 0 Å². The molecule has 148 valence electrons. The molecule has 3 aliphatic rings. The van der Waals surface area contributed by atoms with Crippen LogP contribution in [0.25, 0.3) is 0 Å². The van der Waals surface area contributed by atoms with Crippen LogP contribution in [-0.2, 0) is 14.4 Å². The largest absolute Gasteiger partial charge is 0.347 e. The average Bonchev–Trinajstić information content (AvgIpc) is 3.31. The third-order valence-electron chi connectivity index (χ3n) is 6.32. The van der Waals surface area contributed by atoms with Gasteiger partial charge in [0.2, 0.25) is 17.7 Å². The van der Waals surface area contributed by atoms with E-state index < -0.39 is 0 Å². The molecule has 0 unspecified atom stereocenters. The summed E-state index contributed by atoms with van der Waals surface area (Å²) in [6, 6.07) is 5.96. The van der Waals surface area contributed by atoms with Gasteiger partial charge in [0, 0.05) is 0 Å². The van der Waals surface area contributed by atoms with Crippen molar-refractivity contribution in [2.45, 2.75) is 44.6 Å². The van der Waals surface area contributed by atoms with Crippen molar-refractivity contribution in [3.05, 3.63) is 47.8 Å². The fraction of sp³-hybridized carbons (Fsp3) is 0.500. The molecule has 0 spiro atoms. The van der Waals surface area contributed by atoms with E-state index in [-0.39, 0.29) is 53.9 Å². The molecular weight excluding hydrogens is 359 g/mol. The molecule has 2 fully saturated rings. The van der Waals surface area contributed by atoms with E-state index in [4.69, 9.17) is 0 Å². The standard InChI is InChI=1S/C22H25FN2O3/c23-16-11-9-15(10-12-16)20(14-5-1-2-6-14)24-19(26)13-25-21(27)17-7-3-4-8-18(17)22(25)28/h3-4,9-12,14,17-18,20H,1-2,5-8,13H2,(H,24,26)/t17-,18-,20-/m1/s1. The van der Waals surface area contributed by atoms with Crippen LogP contribution in [0, 0.1) is 23.6 Å². The highest BCUT2D eigenvalue weighted by molar-refractivity contribution is 6.07. The van der Waals surface area contributed by atoms with Crippen molar-refractivity contribution in [3.63, 3.8) is 0 Å². The zero-order valence-electron chi connectivity index (χ0n) is 15.8. The Labute approximate surface area is 164 Å². The van der Waals surface area contributed by atoms with Gasteiger partial charge in [0.15, 0.2) is 0 Å². The third kappa shape index (κ3) is 3.60. The Morgan fingerprint density at radius 1 is 1.04 bits per heavy atom. The molecule has 1 aromatic carbocycles. The van der Waals surface area contributed by atoms with Gasteiger partial charge in [-0.3, -0.25) is 19.3 Å². The number of rotatable bonds is 5. The Hall–Kier alpha value is -2.50. The fourth-order valence-corrected chi connectivity index (χ4v) is 4.82. The number of nitrogens with zero attached hydrogens (tertiary/aromatic N) is 1. The van der Waals surface area contributed by atoms with E-state index in [9.17, 15) is 18.8 Å². The van der Waals surface area contributed by atoms with Crippen LogP contribution in [0.3, 0.4) is 0 Å². The first-order chi connectivity index (χ1) is 13.5. The molecular formula is C22H25FN2O3. The molecule has 1 aliphatic heterocycles. The van der Waals surface area contributed by atoms with E-state index in [1.54, 1.807) is 12.1 Å². The summed E-state index contributed by atoms with van der Waals surface area (Å²) in [4.78, 5) is 39.0. The molecule has 0 radical (unpaired) electrons. The smallest absolute Gasteiger partial charge is 0.240 e. The summed E-state index contributed by atoms with van der Waals surface area (Å²) in [6.45, 7) is -0.241. The number of halogens is 1. The summed E-state index contributed by atoms with van der Waals surface area (Å²) in [5.41, 5.74) is 0.860. The number of imide groups is 1. The van der Waals surface area contributed by atoms with E-state index in [2.05, 4.69) is 5.32 Å². The molecule has 1 N–H and O–H groups in total. The number of hydrogen-bond acceptors (Lipinski definition) is 3. The summed E-state index contributed by atoms with van der Waals surface area (Å²) < 4.78 is 13.3. The minimum Gasteiger partial charge on any atom is -0.347 e. The van der Waals surface area contributed by atoms with Crippen LogP contribution in [0.2, 0.25) is 0 Å². The molecule has 5 nitrogen and oxygen atoms in total.